The summed E-state index contributed by atoms with van der Waals surface area (Å²) in [6, 6.07) is 6.74. The maximum absolute atomic E-state index is 13.5. The maximum Gasteiger partial charge on any atom is 0.410 e. The molecule has 0 aromatic heterocycles. The van der Waals surface area contributed by atoms with Gasteiger partial charge in [-0.05, 0) is 45.6 Å². The Morgan fingerprint density at radius 1 is 1.27 bits per heavy atom. The zero-order chi connectivity index (χ0) is 16.2. The molecule has 120 valence electrons. The van der Waals surface area contributed by atoms with Crippen molar-refractivity contribution in [3.05, 3.63) is 41.7 Å². The van der Waals surface area contributed by atoms with E-state index >= 15 is 0 Å². The molecular weight excluding hydrogens is 281 g/mol. The van der Waals surface area contributed by atoms with E-state index in [2.05, 4.69) is 0 Å². The van der Waals surface area contributed by atoms with Gasteiger partial charge in [-0.2, -0.15) is 0 Å². The number of rotatable bonds is 2. The fourth-order valence-corrected chi connectivity index (χ4v) is 2.45. The van der Waals surface area contributed by atoms with Crippen LogP contribution in [0.25, 0.3) is 6.08 Å². The van der Waals surface area contributed by atoms with Crippen LogP contribution in [0.2, 0.25) is 0 Å². The fourth-order valence-electron chi connectivity index (χ4n) is 2.45. The lowest BCUT2D eigenvalue weighted by Gasteiger charge is -2.32. The quantitative estimate of drug-likeness (QED) is 0.806. The van der Waals surface area contributed by atoms with Crippen molar-refractivity contribution in [1.82, 2.24) is 4.90 Å². The summed E-state index contributed by atoms with van der Waals surface area (Å²) >= 11 is 0. The van der Waals surface area contributed by atoms with Crippen LogP contribution in [-0.2, 0) is 4.74 Å². The van der Waals surface area contributed by atoms with Crippen molar-refractivity contribution in [2.45, 2.75) is 39.2 Å². The molecule has 0 bridgehead atoms. The van der Waals surface area contributed by atoms with Crippen LogP contribution in [0.15, 0.2) is 30.3 Å². The molecule has 1 aromatic carbocycles. The number of amides is 1. The third-order valence-corrected chi connectivity index (χ3v) is 3.64. The molecule has 22 heavy (non-hydrogen) atoms. The van der Waals surface area contributed by atoms with Gasteiger partial charge in [0.05, 0.1) is 0 Å². The summed E-state index contributed by atoms with van der Waals surface area (Å²) in [5, 5.41) is 0. The Bertz CT molecular complexity index is 540. The molecule has 1 aromatic rings. The molecule has 3 nitrogen and oxygen atoms in total. The van der Waals surface area contributed by atoms with E-state index in [-0.39, 0.29) is 11.9 Å². The van der Waals surface area contributed by atoms with Crippen LogP contribution in [0.5, 0.6) is 0 Å². The molecule has 0 spiro atoms. The Morgan fingerprint density at radius 3 is 2.50 bits per heavy atom. The van der Waals surface area contributed by atoms with Crippen molar-refractivity contribution in [3.63, 3.8) is 0 Å². The zero-order valence-corrected chi connectivity index (χ0v) is 13.5. The highest BCUT2D eigenvalue weighted by Gasteiger charge is 2.25. The number of likely N-dealkylation sites (tertiary alicyclic amines) is 1. The lowest BCUT2D eigenvalue weighted by atomic mass is 9.96. The minimum absolute atomic E-state index is 0.204. The van der Waals surface area contributed by atoms with Crippen LogP contribution in [0.1, 0.15) is 39.2 Å². The number of carbonyl (C=O) groups is 1. The van der Waals surface area contributed by atoms with Crippen LogP contribution in [-0.4, -0.2) is 29.7 Å². The van der Waals surface area contributed by atoms with Gasteiger partial charge in [0.2, 0.25) is 0 Å². The predicted molar refractivity (Wildman–Crippen MR) is 86.0 cm³/mol. The third kappa shape index (κ3) is 4.86. The first-order chi connectivity index (χ1) is 10.3. The lowest BCUT2D eigenvalue weighted by Crippen LogP contribution is -2.41. The third-order valence-electron chi connectivity index (χ3n) is 3.64. The molecule has 0 atom stereocenters. The smallest absolute Gasteiger partial charge is 0.410 e. The summed E-state index contributed by atoms with van der Waals surface area (Å²) < 4.78 is 18.9. The lowest BCUT2D eigenvalue weighted by molar-refractivity contribution is 0.0197. The number of hydrogen-bond acceptors (Lipinski definition) is 2. The van der Waals surface area contributed by atoms with Gasteiger partial charge in [-0.1, -0.05) is 30.4 Å². The molecule has 1 amide bonds. The van der Waals surface area contributed by atoms with Gasteiger partial charge >= 0.3 is 6.09 Å². The Hall–Kier alpha value is -1.84. The van der Waals surface area contributed by atoms with E-state index in [1.165, 1.54) is 6.07 Å². The number of allylic oxidation sites excluding steroid dienone is 1. The second kappa shape index (κ2) is 6.95. The van der Waals surface area contributed by atoms with E-state index in [1.807, 2.05) is 39.0 Å². The molecule has 0 saturated carbocycles. The second-order valence-electron chi connectivity index (χ2n) is 6.69. The first kappa shape index (κ1) is 16.5. The highest BCUT2D eigenvalue weighted by atomic mass is 19.1. The Kier molecular flexibility index (Phi) is 5.22. The van der Waals surface area contributed by atoms with E-state index in [9.17, 15) is 9.18 Å². The molecule has 1 fully saturated rings. The Labute approximate surface area is 131 Å². The molecule has 0 N–H and O–H groups in total. The van der Waals surface area contributed by atoms with Gasteiger partial charge in [0, 0.05) is 18.7 Å². The summed E-state index contributed by atoms with van der Waals surface area (Å²) in [6.07, 6.45) is 5.39. The van der Waals surface area contributed by atoms with Gasteiger partial charge < -0.3 is 9.64 Å². The summed E-state index contributed by atoms with van der Waals surface area (Å²) in [7, 11) is 0. The topological polar surface area (TPSA) is 29.5 Å². The molecule has 1 aliphatic heterocycles. The Balaban J connectivity index is 1.85. The Morgan fingerprint density at radius 2 is 1.91 bits per heavy atom. The van der Waals surface area contributed by atoms with Crippen molar-refractivity contribution in [1.29, 1.82) is 0 Å². The molecule has 1 saturated heterocycles. The van der Waals surface area contributed by atoms with Gasteiger partial charge in [0.1, 0.15) is 11.4 Å². The monoisotopic (exact) mass is 305 g/mol. The normalized spacial score (nSPS) is 17.0. The van der Waals surface area contributed by atoms with Crippen molar-refractivity contribution in [2.75, 3.05) is 13.1 Å². The number of carbonyl (C=O) groups excluding carboxylic acids is 1. The van der Waals surface area contributed by atoms with Crippen LogP contribution >= 0.6 is 0 Å². The number of hydrogen-bond donors (Lipinski definition) is 0. The summed E-state index contributed by atoms with van der Waals surface area (Å²) in [5.41, 5.74) is 0.149. The van der Waals surface area contributed by atoms with Gasteiger partial charge in [0.15, 0.2) is 0 Å². The standard InChI is InChI=1S/C18H24FNO2/c1-18(2,3)22-17(21)20-12-10-14(11-13-20)8-9-15-6-4-5-7-16(15)19/h4-9,14H,10-13H2,1-3H3/b9-8+. The molecule has 0 unspecified atom stereocenters. The molecule has 0 radical (unpaired) electrons. The van der Waals surface area contributed by atoms with E-state index in [0.717, 1.165) is 12.8 Å². The van der Waals surface area contributed by atoms with Crippen molar-refractivity contribution in [3.8, 4) is 0 Å². The highest BCUT2D eigenvalue weighted by molar-refractivity contribution is 5.68. The minimum Gasteiger partial charge on any atom is -0.444 e. The second-order valence-corrected chi connectivity index (χ2v) is 6.69. The molecular formula is C18H24FNO2. The van der Waals surface area contributed by atoms with Gasteiger partial charge in [0.25, 0.3) is 0 Å². The molecule has 1 aliphatic rings. The van der Waals surface area contributed by atoms with Crippen LogP contribution < -0.4 is 0 Å². The number of benzene rings is 1. The van der Waals surface area contributed by atoms with E-state index in [4.69, 9.17) is 4.74 Å². The van der Waals surface area contributed by atoms with Crippen LogP contribution in [0, 0.1) is 11.7 Å². The molecule has 1 heterocycles. The largest absolute Gasteiger partial charge is 0.444 e. The van der Waals surface area contributed by atoms with Crippen molar-refractivity contribution in [2.24, 2.45) is 5.92 Å². The first-order valence-electron chi connectivity index (χ1n) is 7.76. The maximum atomic E-state index is 13.5. The first-order valence-corrected chi connectivity index (χ1v) is 7.76. The molecule has 2 rings (SSSR count). The highest BCUT2D eigenvalue weighted by Crippen LogP contribution is 2.22. The van der Waals surface area contributed by atoms with Gasteiger partial charge in [-0.3, -0.25) is 0 Å². The zero-order valence-electron chi connectivity index (χ0n) is 13.5. The summed E-state index contributed by atoms with van der Waals surface area (Å²) in [4.78, 5) is 13.7. The number of halogens is 1. The predicted octanol–water partition coefficient (Wildman–Crippen LogP) is 4.49. The average Bonchev–Trinajstić information content (AvgIpc) is 2.45. The average molecular weight is 305 g/mol. The van der Waals surface area contributed by atoms with Crippen molar-refractivity contribution < 1.29 is 13.9 Å². The molecule has 4 heteroatoms. The number of nitrogens with zero attached hydrogens (tertiary/aromatic N) is 1. The van der Waals surface area contributed by atoms with Crippen LogP contribution in [0.4, 0.5) is 9.18 Å². The van der Waals surface area contributed by atoms with Gasteiger partial charge in [-0.25, -0.2) is 9.18 Å². The number of ether oxygens (including phenoxy) is 1. The van der Waals surface area contributed by atoms with Gasteiger partial charge in [-0.15, -0.1) is 0 Å². The number of piperidine rings is 1. The molecule has 0 aliphatic carbocycles. The van der Waals surface area contributed by atoms with E-state index in [1.54, 1.807) is 17.0 Å². The van der Waals surface area contributed by atoms with E-state index < -0.39 is 5.60 Å². The van der Waals surface area contributed by atoms with Crippen molar-refractivity contribution >= 4 is 12.2 Å². The fraction of sp³-hybridized carbons (Fsp3) is 0.500. The SMILES string of the molecule is CC(C)(C)OC(=O)N1CCC(/C=C/c2ccccc2F)CC1. The summed E-state index contributed by atoms with van der Waals surface area (Å²) in [6.45, 7) is 6.97. The van der Waals surface area contributed by atoms with E-state index in [0.29, 0.717) is 24.6 Å². The summed E-state index contributed by atoms with van der Waals surface area (Å²) in [5.74, 6) is 0.170. The minimum atomic E-state index is -0.460. The van der Waals surface area contributed by atoms with Crippen LogP contribution in [0.3, 0.4) is 0 Å².